The average Bonchev–Trinajstić information content (AvgIpc) is 3.00. The molecule has 0 aliphatic heterocycles. The van der Waals surface area contributed by atoms with Gasteiger partial charge in [0.2, 0.25) is 0 Å². The summed E-state index contributed by atoms with van der Waals surface area (Å²) < 4.78 is 508. The fourth-order valence-electron chi connectivity index (χ4n) is 3.63. The zero-order valence-corrected chi connectivity index (χ0v) is 26.5. The molecule has 0 heterocycles. The fourth-order valence-corrected chi connectivity index (χ4v) is 3.63. The van der Waals surface area contributed by atoms with E-state index in [1.54, 1.807) is 4.74 Å². The van der Waals surface area contributed by atoms with E-state index in [0.29, 0.717) is 0 Å². The Labute approximate surface area is 305 Å². The second kappa shape index (κ2) is 14.1. The van der Waals surface area contributed by atoms with Crippen molar-refractivity contribution >= 4 is 5.97 Å². The minimum Gasteiger partial charge on any atom is -0.413 e. The molecule has 0 aromatic heterocycles. The van der Waals surface area contributed by atoms with Crippen molar-refractivity contribution in [2.75, 3.05) is 0 Å². The maximum atomic E-state index is 15.3. The molecule has 1 atom stereocenters. The molecule has 0 aliphatic carbocycles. The standard InChI is InChI=1S/C22H5F37O2/c1-3(2)4(60)61-19(50,16(44,45)13(38,39)7(26,27)6(24,25)5(23,20(51,52)53)21(54,55)56)17(46,47)14(40,41)11(34,35)9(30,31)8(28,29)10(32,33)12(36,37)15(42,43)18(48,49)22(57,58)59/h1H2,2H3. The Morgan fingerprint density at radius 1 is 0.295 bits per heavy atom. The lowest BCUT2D eigenvalue weighted by Crippen LogP contribution is -2.82. The number of hydrogen-bond acceptors (Lipinski definition) is 2. The number of rotatable bonds is 16. The van der Waals surface area contributed by atoms with Crippen LogP contribution in [0.3, 0.4) is 0 Å². The molecule has 61 heavy (non-hydrogen) atoms. The molecule has 0 rings (SSSR count). The van der Waals surface area contributed by atoms with Gasteiger partial charge in [0.15, 0.2) is 0 Å². The van der Waals surface area contributed by atoms with Gasteiger partial charge in [0, 0.05) is 5.57 Å². The summed E-state index contributed by atoms with van der Waals surface area (Å²) in [7, 11) is 0. The average molecular weight is 1000 g/mol. The third kappa shape index (κ3) is 6.71. The Morgan fingerprint density at radius 2 is 0.475 bits per heavy atom. The summed E-state index contributed by atoms with van der Waals surface area (Å²) in [5.41, 5.74) is -12.0. The first-order chi connectivity index (χ1) is 25.6. The zero-order valence-electron chi connectivity index (χ0n) is 26.5. The quantitative estimate of drug-likeness (QED) is 0.0875. The molecule has 0 saturated heterocycles. The monoisotopic (exact) mass is 1000 g/mol. The topological polar surface area (TPSA) is 26.3 Å². The van der Waals surface area contributed by atoms with Crippen molar-refractivity contribution in [3.63, 3.8) is 0 Å². The SMILES string of the molecule is C=C(C)C(=O)OC(F)(C(F)(F)C(F)(F)C(F)(F)C(F)(F)C(F)(F)C(F)(F)C(F)(F)C(F)(F)C(F)(F)C(F)(F)F)C(F)(F)C(F)(F)C(F)(F)C(F)(F)C(F)(C(F)(F)F)C(F)(F)F. The van der Waals surface area contributed by atoms with E-state index in [4.69, 9.17) is 0 Å². The van der Waals surface area contributed by atoms with E-state index in [0.717, 1.165) is 0 Å². The van der Waals surface area contributed by atoms with Crippen molar-refractivity contribution in [1.82, 2.24) is 0 Å². The van der Waals surface area contributed by atoms with Crippen molar-refractivity contribution in [2.45, 2.75) is 114 Å². The molecule has 0 bridgehead atoms. The number of halogens is 37. The highest BCUT2D eigenvalue weighted by atomic mass is 19.5. The second-order valence-corrected chi connectivity index (χ2v) is 11.4. The summed E-state index contributed by atoms with van der Waals surface area (Å²) in [4.78, 5) is 11.4. The molecule has 0 spiro atoms. The minimum atomic E-state index is -10.4. The van der Waals surface area contributed by atoms with Gasteiger partial charge < -0.3 is 4.74 Å². The Kier molecular flexibility index (Phi) is 13.3. The maximum absolute atomic E-state index is 15.3. The van der Waals surface area contributed by atoms with E-state index in [2.05, 4.69) is 0 Å². The Bertz CT molecular complexity index is 1640. The van der Waals surface area contributed by atoms with Crippen LogP contribution in [0, 0.1) is 0 Å². The molecule has 2 nitrogen and oxygen atoms in total. The van der Waals surface area contributed by atoms with Crippen LogP contribution >= 0.6 is 0 Å². The number of alkyl halides is 37. The predicted molar refractivity (Wildman–Crippen MR) is 111 cm³/mol. The lowest BCUT2D eigenvalue weighted by atomic mass is 9.80. The highest BCUT2D eigenvalue weighted by molar-refractivity contribution is 5.87. The van der Waals surface area contributed by atoms with Crippen LogP contribution in [0.5, 0.6) is 0 Å². The van der Waals surface area contributed by atoms with Gasteiger partial charge in [0.1, 0.15) is 0 Å². The van der Waals surface area contributed by atoms with Gasteiger partial charge in [-0.05, 0) is 6.92 Å². The van der Waals surface area contributed by atoms with E-state index in [-0.39, 0.29) is 0 Å². The summed E-state index contributed by atoms with van der Waals surface area (Å²) in [6.07, 6.45) is -26.4. The van der Waals surface area contributed by atoms with E-state index in [1.807, 2.05) is 6.58 Å². The van der Waals surface area contributed by atoms with Crippen LogP contribution < -0.4 is 0 Å². The highest BCUT2D eigenvalue weighted by Gasteiger charge is 3.03. The molecule has 0 aromatic carbocycles. The molecule has 39 heteroatoms. The van der Waals surface area contributed by atoms with Crippen molar-refractivity contribution < 1.29 is 172 Å². The largest absolute Gasteiger partial charge is 0.460 e. The molecule has 0 saturated carbocycles. The first kappa shape index (κ1) is 57.6. The predicted octanol–water partition coefficient (Wildman–Crippen LogP) is 12.4. The summed E-state index contributed by atoms with van der Waals surface area (Å²) in [5, 5.41) is 0. The van der Waals surface area contributed by atoms with Crippen LogP contribution in [0.25, 0.3) is 0 Å². The van der Waals surface area contributed by atoms with Gasteiger partial charge in [0.05, 0.1) is 0 Å². The van der Waals surface area contributed by atoms with Crippen molar-refractivity contribution in [1.29, 1.82) is 0 Å². The minimum absolute atomic E-state index is 0.508. The molecule has 0 radical (unpaired) electrons. The van der Waals surface area contributed by atoms with Crippen LogP contribution in [0.4, 0.5) is 162 Å². The van der Waals surface area contributed by atoms with Gasteiger partial charge >= 0.3 is 113 Å². The number of carbonyl (C=O) groups excluding carboxylic acids is 1. The second-order valence-electron chi connectivity index (χ2n) is 11.4. The summed E-state index contributed by atoms with van der Waals surface area (Å²) >= 11 is 0. The first-order valence-electron chi connectivity index (χ1n) is 13.0. The first-order valence-corrected chi connectivity index (χ1v) is 13.0. The van der Waals surface area contributed by atoms with Crippen LogP contribution in [-0.4, -0.2) is 113 Å². The van der Waals surface area contributed by atoms with Crippen LogP contribution in [0.1, 0.15) is 6.92 Å². The molecular formula is C22H5F37O2. The summed E-state index contributed by atoms with van der Waals surface area (Å²) in [5.74, 6) is -145. The van der Waals surface area contributed by atoms with Gasteiger partial charge in [-0.1, -0.05) is 6.58 Å². The Hall–Kier alpha value is -3.38. The molecule has 0 aromatic rings. The van der Waals surface area contributed by atoms with Gasteiger partial charge in [-0.3, -0.25) is 0 Å². The zero-order chi connectivity index (χ0) is 50.9. The van der Waals surface area contributed by atoms with Gasteiger partial charge in [0.25, 0.3) is 0 Å². The lowest BCUT2D eigenvalue weighted by Gasteiger charge is -2.48. The fraction of sp³-hybridized carbons (Fsp3) is 0.864. The smallest absolute Gasteiger partial charge is 0.413 e. The number of hydrogen-bond donors (Lipinski definition) is 0. The Morgan fingerprint density at radius 3 is 0.656 bits per heavy atom. The van der Waals surface area contributed by atoms with Gasteiger partial charge in [-0.15, -0.1) is 0 Å². The van der Waals surface area contributed by atoms with Crippen molar-refractivity contribution in [3.05, 3.63) is 12.2 Å². The molecule has 0 amide bonds. The van der Waals surface area contributed by atoms with Crippen molar-refractivity contribution in [3.8, 4) is 0 Å². The van der Waals surface area contributed by atoms with E-state index >= 15 is 4.39 Å². The molecule has 0 N–H and O–H groups in total. The molecule has 364 valence electrons. The van der Waals surface area contributed by atoms with Crippen LogP contribution in [0.2, 0.25) is 0 Å². The van der Waals surface area contributed by atoms with Crippen LogP contribution in [0.15, 0.2) is 12.2 Å². The maximum Gasteiger partial charge on any atom is 0.460 e. The summed E-state index contributed by atoms with van der Waals surface area (Å²) in [6, 6.07) is 0. The third-order valence-corrected chi connectivity index (χ3v) is 7.30. The summed E-state index contributed by atoms with van der Waals surface area (Å²) in [6.45, 7) is 1.34. The number of carbonyl (C=O) groups is 1. The Balaban J connectivity index is 8.57. The van der Waals surface area contributed by atoms with E-state index in [1.165, 1.54) is 0 Å². The number of esters is 1. The molecule has 1 unspecified atom stereocenters. The van der Waals surface area contributed by atoms with Gasteiger partial charge in [-0.2, -0.15) is 158 Å². The van der Waals surface area contributed by atoms with Crippen molar-refractivity contribution in [2.24, 2.45) is 0 Å². The lowest BCUT2D eigenvalue weighted by molar-refractivity contribution is -0.502. The van der Waals surface area contributed by atoms with Crippen LogP contribution in [-0.2, 0) is 9.53 Å². The molecule has 0 aliphatic rings. The normalized spacial score (nSPS) is 17.6. The van der Waals surface area contributed by atoms with E-state index in [9.17, 15) is 163 Å². The molecule has 0 fully saturated rings. The highest BCUT2D eigenvalue weighted by Crippen LogP contribution is 2.71. The molecular weight excluding hydrogens is 999 g/mol. The van der Waals surface area contributed by atoms with Gasteiger partial charge in [-0.25, -0.2) is 9.18 Å². The third-order valence-electron chi connectivity index (χ3n) is 7.30. The number of ether oxygens (including phenoxy) is 1. The van der Waals surface area contributed by atoms with E-state index < -0.39 is 126 Å².